The zero-order chi connectivity index (χ0) is 45.8. The van der Waals surface area contributed by atoms with Crippen LogP contribution in [-0.2, 0) is 30.1 Å². The third-order valence-corrected chi connectivity index (χ3v) is 13.3. The van der Waals surface area contributed by atoms with Crippen molar-refractivity contribution in [1.82, 2.24) is 39.4 Å². The number of nitrogens with one attached hydrogen (secondary N) is 1. The Kier molecular flexibility index (Phi) is 10.9. The molecular weight excluding hydrogens is 842 g/mol. The number of aryl methyl sites for hydroxylation is 2. The van der Waals surface area contributed by atoms with Gasteiger partial charge < -0.3 is 9.64 Å². The van der Waals surface area contributed by atoms with E-state index in [9.17, 15) is 19.2 Å². The summed E-state index contributed by atoms with van der Waals surface area (Å²) in [4.78, 5) is 66.5. The Morgan fingerprint density at radius 3 is 2.32 bits per heavy atom. The van der Waals surface area contributed by atoms with Crippen molar-refractivity contribution in [3.05, 3.63) is 125 Å². The standard InChI is InChI=1S/C49H48FN11O5/c1-5-34-36(18-22-52-45(34)60-26-25-59(49(60)65)33-7-6-21-51-28-33)35-13-12-32(61-47(66-4)55-57(3)48(61)64)27-39(35)31-10-8-29(9-11-31)30-19-23-58(24-20-30)44-40(50)16-14-37-42(54-56(2)43(37)44)38-15-17-41(62)53-46(38)63/h6-14,16,18,21-22,27-28,30,38H,5,15,17,19-20,23-26H2,1-4H3,(H,53,62,63). The van der Waals surface area contributed by atoms with Gasteiger partial charge in [0.05, 0.1) is 47.5 Å². The van der Waals surface area contributed by atoms with Crippen LogP contribution >= 0.6 is 0 Å². The molecule has 0 aliphatic carbocycles. The number of piperidine rings is 2. The van der Waals surface area contributed by atoms with Gasteiger partial charge in [0.2, 0.25) is 11.8 Å². The van der Waals surface area contributed by atoms with Crippen molar-refractivity contribution < 1.29 is 23.5 Å². The molecule has 3 aromatic carbocycles. The van der Waals surface area contributed by atoms with E-state index in [1.54, 1.807) is 53.2 Å². The van der Waals surface area contributed by atoms with Crippen LogP contribution in [0.15, 0.2) is 96.2 Å². The normalized spacial score (nSPS) is 17.0. The van der Waals surface area contributed by atoms with Gasteiger partial charge in [0.15, 0.2) is 0 Å². The highest BCUT2D eigenvalue weighted by molar-refractivity contribution is 6.07. The predicted octanol–water partition coefficient (Wildman–Crippen LogP) is 6.64. The summed E-state index contributed by atoms with van der Waals surface area (Å²) in [5, 5.41) is 12.1. The molecule has 1 unspecified atom stereocenters. The third kappa shape index (κ3) is 7.23. The summed E-state index contributed by atoms with van der Waals surface area (Å²) in [7, 11) is 4.83. The summed E-state index contributed by atoms with van der Waals surface area (Å²) in [5.74, 6) is -0.791. The SMILES string of the molecule is CCc1c(-c2ccc(-n3c(OC)nn(C)c3=O)cc2-c2ccc(C3CCN(c4c(F)ccc5c(C6CCC(=O)NC6=O)nn(C)c45)CC3)cc2)ccnc1N1CCN(c2cccnc2)C1=O. The Balaban J connectivity index is 0.960. The predicted molar refractivity (Wildman–Crippen MR) is 248 cm³/mol. The summed E-state index contributed by atoms with van der Waals surface area (Å²) in [6, 6.07) is 23.1. The van der Waals surface area contributed by atoms with E-state index in [4.69, 9.17) is 14.8 Å². The number of amides is 4. The number of fused-ring (bicyclic) bond motifs is 1. The minimum absolute atomic E-state index is 0.156. The first-order valence-electron chi connectivity index (χ1n) is 22.2. The maximum absolute atomic E-state index is 15.8. The number of hydrogen-bond acceptors (Lipinski definition) is 10. The van der Waals surface area contributed by atoms with E-state index in [1.807, 2.05) is 36.4 Å². The van der Waals surface area contributed by atoms with Crippen LogP contribution in [-0.4, -0.2) is 85.2 Å². The Morgan fingerprint density at radius 2 is 1.59 bits per heavy atom. The first kappa shape index (κ1) is 42.3. The Morgan fingerprint density at radius 1 is 0.803 bits per heavy atom. The molecule has 4 amide bonds. The van der Waals surface area contributed by atoms with Crippen LogP contribution in [0.2, 0.25) is 0 Å². The lowest BCUT2D eigenvalue weighted by atomic mass is 9.86. The summed E-state index contributed by atoms with van der Waals surface area (Å²) in [5.41, 5.74) is 8.28. The zero-order valence-corrected chi connectivity index (χ0v) is 37.1. The largest absolute Gasteiger partial charge is 0.467 e. The average molecular weight is 890 g/mol. The van der Waals surface area contributed by atoms with E-state index >= 15 is 4.39 Å². The molecule has 0 radical (unpaired) electrons. The quantitative estimate of drug-likeness (QED) is 0.147. The van der Waals surface area contributed by atoms with Crippen LogP contribution in [0.3, 0.4) is 0 Å². The van der Waals surface area contributed by atoms with Gasteiger partial charge in [-0.15, -0.1) is 5.10 Å². The van der Waals surface area contributed by atoms with Crippen molar-refractivity contribution in [2.75, 3.05) is 48.0 Å². The zero-order valence-electron chi connectivity index (χ0n) is 37.1. The number of anilines is 3. The van der Waals surface area contributed by atoms with E-state index in [1.165, 1.54) is 22.4 Å². The van der Waals surface area contributed by atoms with E-state index in [0.717, 1.165) is 51.9 Å². The Bertz CT molecular complexity index is 3100. The second-order valence-corrected chi connectivity index (χ2v) is 17.0. The van der Waals surface area contributed by atoms with E-state index in [0.29, 0.717) is 72.8 Å². The first-order chi connectivity index (χ1) is 32.0. The fraction of sp³-hybridized carbons (Fsp3) is 0.306. The molecule has 0 saturated carbocycles. The number of pyridine rings is 2. The van der Waals surface area contributed by atoms with Gasteiger partial charge in [-0.1, -0.05) is 37.3 Å². The van der Waals surface area contributed by atoms with Crippen LogP contribution in [0, 0.1) is 5.82 Å². The molecule has 1 N–H and O–H groups in total. The fourth-order valence-electron chi connectivity index (χ4n) is 9.98. The lowest BCUT2D eigenvalue weighted by Gasteiger charge is -2.34. The van der Waals surface area contributed by atoms with Crippen molar-refractivity contribution in [1.29, 1.82) is 0 Å². The summed E-state index contributed by atoms with van der Waals surface area (Å²) in [6.07, 6.45) is 7.86. The van der Waals surface area contributed by atoms with Gasteiger partial charge in [-0.25, -0.2) is 28.2 Å². The minimum Gasteiger partial charge on any atom is -0.467 e. The van der Waals surface area contributed by atoms with Crippen molar-refractivity contribution >= 4 is 45.9 Å². The fourth-order valence-corrected chi connectivity index (χ4v) is 9.98. The van der Waals surface area contributed by atoms with Gasteiger partial charge >= 0.3 is 17.7 Å². The number of benzene rings is 3. The van der Waals surface area contributed by atoms with Gasteiger partial charge in [0.25, 0.3) is 0 Å². The van der Waals surface area contributed by atoms with Crippen molar-refractivity contribution in [2.45, 2.75) is 50.9 Å². The number of ether oxygens (including phenoxy) is 1. The van der Waals surface area contributed by atoms with Crippen molar-refractivity contribution in [3.8, 4) is 34.0 Å². The lowest BCUT2D eigenvalue weighted by molar-refractivity contribution is -0.134. The highest BCUT2D eigenvalue weighted by Gasteiger charge is 2.35. The van der Waals surface area contributed by atoms with Crippen LogP contribution in [0.25, 0.3) is 38.8 Å². The molecule has 0 bridgehead atoms. The molecule has 3 aliphatic rings. The number of rotatable bonds is 10. The number of urea groups is 1. The van der Waals surface area contributed by atoms with Crippen LogP contribution in [0.4, 0.5) is 26.4 Å². The van der Waals surface area contributed by atoms with Gasteiger partial charge in [-0.2, -0.15) is 5.10 Å². The van der Waals surface area contributed by atoms with Gasteiger partial charge in [0.1, 0.15) is 11.6 Å². The molecule has 7 heterocycles. The molecule has 3 saturated heterocycles. The topological polar surface area (TPSA) is 166 Å². The number of hydrogen-bond donors (Lipinski definition) is 1. The van der Waals surface area contributed by atoms with Gasteiger partial charge in [0, 0.05) is 70.0 Å². The number of methoxy groups -OCH3 is 1. The second kappa shape index (κ2) is 17.0. The van der Waals surface area contributed by atoms with Crippen molar-refractivity contribution in [2.24, 2.45) is 14.1 Å². The monoisotopic (exact) mass is 889 g/mol. The number of carbonyl (C=O) groups is 3. The highest BCUT2D eigenvalue weighted by Crippen LogP contribution is 2.42. The molecule has 0 spiro atoms. The Hall–Kier alpha value is -7.69. The third-order valence-electron chi connectivity index (χ3n) is 13.3. The summed E-state index contributed by atoms with van der Waals surface area (Å²) in [6.45, 7) is 4.24. The summed E-state index contributed by atoms with van der Waals surface area (Å²) < 4.78 is 25.7. The van der Waals surface area contributed by atoms with Crippen LogP contribution < -0.4 is 30.4 Å². The van der Waals surface area contributed by atoms with Crippen molar-refractivity contribution in [3.63, 3.8) is 0 Å². The molecule has 336 valence electrons. The molecule has 16 nitrogen and oxygen atoms in total. The van der Waals surface area contributed by atoms with Gasteiger partial charge in [-0.3, -0.25) is 34.4 Å². The van der Waals surface area contributed by atoms with E-state index in [-0.39, 0.29) is 47.7 Å². The molecule has 7 aromatic rings. The second-order valence-electron chi connectivity index (χ2n) is 17.0. The molecule has 66 heavy (non-hydrogen) atoms. The first-order valence-corrected chi connectivity index (χ1v) is 22.2. The number of imide groups is 1. The average Bonchev–Trinajstić information content (AvgIpc) is 3.99. The lowest BCUT2D eigenvalue weighted by Crippen LogP contribution is -2.39. The van der Waals surface area contributed by atoms with Crippen LogP contribution in [0.1, 0.15) is 61.3 Å². The molecule has 3 aliphatic heterocycles. The molecule has 1 atom stereocenters. The Labute approximate surface area is 379 Å². The van der Waals surface area contributed by atoms with Gasteiger partial charge in [-0.05, 0) is 102 Å². The number of nitrogens with zero attached hydrogens (tertiary/aromatic N) is 10. The highest BCUT2D eigenvalue weighted by atomic mass is 19.1. The molecule has 3 fully saturated rings. The minimum atomic E-state index is -0.584. The molecule has 4 aromatic heterocycles. The number of halogens is 1. The summed E-state index contributed by atoms with van der Waals surface area (Å²) >= 11 is 0. The molecule has 10 rings (SSSR count). The maximum Gasteiger partial charge on any atom is 0.353 e. The smallest absolute Gasteiger partial charge is 0.353 e. The molecule has 17 heteroatoms. The van der Waals surface area contributed by atoms with Crippen LogP contribution in [0.5, 0.6) is 6.01 Å². The molecular formula is C49H48FN11O5. The van der Waals surface area contributed by atoms with E-state index < -0.39 is 5.92 Å². The number of aromatic nitrogens is 7. The van der Waals surface area contributed by atoms with E-state index in [2.05, 4.69) is 51.5 Å². The number of carbonyl (C=O) groups excluding carboxylic acids is 3. The maximum atomic E-state index is 15.8.